The van der Waals surface area contributed by atoms with Crippen LogP contribution in [0, 0.1) is 12.3 Å². The van der Waals surface area contributed by atoms with Gasteiger partial charge >= 0.3 is 0 Å². The van der Waals surface area contributed by atoms with Gasteiger partial charge in [0.05, 0.1) is 11.4 Å². The SMILES string of the molecule is C#C/C=C(\C=C/CN(c1ccc2c(c1)C(C)(C)c1ccccc1-2)c1ccccc1N(c1ccc(C2C=CC=CC2)cc1)c1ccc2c3ccccc3c3ccccc3c2c1)c1ccccc1. The number of rotatable bonds is 10. The molecule has 0 spiro atoms. The average Bonchev–Trinajstić information content (AvgIpc) is 3.61. The fourth-order valence-electron chi connectivity index (χ4n) is 10.5. The first-order valence-electron chi connectivity index (χ1n) is 23.0. The first kappa shape index (κ1) is 40.6. The molecule has 2 heteroatoms. The van der Waals surface area contributed by atoms with Crippen LogP contribution in [-0.2, 0) is 5.41 Å². The molecule has 0 heterocycles. The molecule has 0 N–H and O–H groups in total. The van der Waals surface area contributed by atoms with Crippen molar-refractivity contribution < 1.29 is 0 Å². The van der Waals surface area contributed by atoms with Gasteiger partial charge in [0, 0.05) is 34.9 Å². The lowest BCUT2D eigenvalue weighted by Crippen LogP contribution is -2.22. The Hall–Kier alpha value is -8.12. The van der Waals surface area contributed by atoms with Crippen molar-refractivity contribution in [1.82, 2.24) is 0 Å². The molecule has 0 aliphatic heterocycles. The molecule has 11 rings (SSSR count). The summed E-state index contributed by atoms with van der Waals surface area (Å²) in [5, 5.41) is 7.52. The molecule has 1 atom stereocenters. The van der Waals surface area contributed by atoms with E-state index in [9.17, 15) is 0 Å². The number of anilines is 5. The number of para-hydroxylation sites is 2. The number of hydrogen-bond donors (Lipinski definition) is 0. The van der Waals surface area contributed by atoms with Crippen molar-refractivity contribution in [1.29, 1.82) is 0 Å². The van der Waals surface area contributed by atoms with Gasteiger partial charge in [-0.25, -0.2) is 0 Å². The Morgan fingerprint density at radius 1 is 0.576 bits per heavy atom. The zero-order valence-electron chi connectivity index (χ0n) is 37.4. The molecule has 9 aromatic carbocycles. The van der Waals surface area contributed by atoms with Gasteiger partial charge in [-0.05, 0) is 132 Å². The molecule has 66 heavy (non-hydrogen) atoms. The van der Waals surface area contributed by atoms with Crippen LogP contribution in [0.1, 0.15) is 48.4 Å². The maximum atomic E-state index is 5.92. The van der Waals surface area contributed by atoms with Crippen molar-refractivity contribution in [2.75, 3.05) is 16.3 Å². The van der Waals surface area contributed by atoms with Crippen molar-refractivity contribution in [3.05, 3.63) is 253 Å². The van der Waals surface area contributed by atoms with Crippen LogP contribution in [0.5, 0.6) is 0 Å². The van der Waals surface area contributed by atoms with Gasteiger partial charge in [0.15, 0.2) is 0 Å². The fourth-order valence-corrected chi connectivity index (χ4v) is 10.5. The van der Waals surface area contributed by atoms with E-state index < -0.39 is 0 Å². The topological polar surface area (TPSA) is 6.48 Å². The van der Waals surface area contributed by atoms with Crippen LogP contribution in [0.3, 0.4) is 0 Å². The molecule has 0 aromatic heterocycles. The Morgan fingerprint density at radius 2 is 1.18 bits per heavy atom. The van der Waals surface area contributed by atoms with Crippen LogP contribution >= 0.6 is 0 Å². The number of terminal acetylenes is 1. The molecule has 0 bridgehead atoms. The fraction of sp³-hybridized carbons (Fsp3) is 0.0938. The summed E-state index contributed by atoms with van der Waals surface area (Å²) in [6, 6.07) is 69.1. The molecular formula is C64H50N2. The van der Waals surface area contributed by atoms with E-state index in [4.69, 9.17) is 6.42 Å². The number of allylic oxidation sites excluding steroid dienone is 7. The van der Waals surface area contributed by atoms with E-state index >= 15 is 0 Å². The van der Waals surface area contributed by atoms with Crippen molar-refractivity contribution in [3.63, 3.8) is 0 Å². The van der Waals surface area contributed by atoms with Gasteiger partial charge in [-0.1, -0.05) is 196 Å². The third-order valence-electron chi connectivity index (χ3n) is 13.8. The third kappa shape index (κ3) is 7.20. The second kappa shape index (κ2) is 17.1. The summed E-state index contributed by atoms with van der Waals surface area (Å²) in [6.07, 6.45) is 22.1. The molecule has 2 aliphatic rings. The standard InChI is InChI=1S/C64H50N2/c1-4-20-45(46-21-7-5-8-22-46)25-19-42-65(50-38-41-58-57-30-15-16-31-60(57)64(2,3)61(58)44-50)62-32-17-18-33-63(62)66(49-36-34-48(35-37-49)47-23-9-6-10-24-47)51-39-40-56-54-28-12-11-26-52(54)53-27-13-14-29-55(53)59(56)43-51/h1,5-23,25-41,43-44,47H,24,42H2,2-3H3/b25-19-,45-20+. The molecule has 2 aliphatic carbocycles. The van der Waals surface area contributed by atoms with Crippen molar-refractivity contribution in [2.24, 2.45) is 0 Å². The minimum atomic E-state index is -0.159. The second-order valence-corrected chi connectivity index (χ2v) is 17.9. The summed E-state index contributed by atoms with van der Waals surface area (Å²) < 4.78 is 0. The van der Waals surface area contributed by atoms with Gasteiger partial charge in [-0.15, -0.1) is 6.42 Å². The van der Waals surface area contributed by atoms with Gasteiger partial charge in [0.25, 0.3) is 0 Å². The molecule has 9 aromatic rings. The number of fused-ring (bicyclic) bond motifs is 9. The third-order valence-corrected chi connectivity index (χ3v) is 13.8. The van der Waals surface area contributed by atoms with E-state index in [0.717, 1.165) is 46.0 Å². The van der Waals surface area contributed by atoms with E-state index in [1.165, 1.54) is 60.1 Å². The molecule has 2 nitrogen and oxygen atoms in total. The van der Waals surface area contributed by atoms with Crippen molar-refractivity contribution in [2.45, 2.75) is 31.6 Å². The van der Waals surface area contributed by atoms with Gasteiger partial charge < -0.3 is 9.80 Å². The highest BCUT2D eigenvalue weighted by Gasteiger charge is 2.36. The first-order valence-corrected chi connectivity index (χ1v) is 23.0. The molecule has 0 fully saturated rings. The summed E-state index contributed by atoms with van der Waals surface area (Å²) >= 11 is 0. The Morgan fingerprint density at radius 3 is 1.89 bits per heavy atom. The quantitative estimate of drug-likeness (QED) is 0.0769. The number of nitrogens with zero attached hydrogens (tertiary/aromatic N) is 2. The van der Waals surface area contributed by atoms with E-state index in [-0.39, 0.29) is 5.41 Å². The van der Waals surface area contributed by atoms with Gasteiger partial charge in [-0.3, -0.25) is 0 Å². The van der Waals surface area contributed by atoms with Crippen LogP contribution in [0.2, 0.25) is 0 Å². The lowest BCUT2D eigenvalue weighted by molar-refractivity contribution is 0.660. The van der Waals surface area contributed by atoms with Crippen LogP contribution < -0.4 is 9.80 Å². The van der Waals surface area contributed by atoms with E-state index in [1.807, 2.05) is 12.1 Å². The highest BCUT2D eigenvalue weighted by molar-refractivity contribution is 6.25. The first-order chi connectivity index (χ1) is 32.5. The maximum absolute atomic E-state index is 5.92. The van der Waals surface area contributed by atoms with E-state index in [1.54, 1.807) is 0 Å². The smallest absolute Gasteiger partial charge is 0.0698 e. The Balaban J connectivity index is 1.11. The molecule has 316 valence electrons. The maximum Gasteiger partial charge on any atom is 0.0698 e. The summed E-state index contributed by atoms with van der Waals surface area (Å²) in [4.78, 5) is 4.92. The number of benzene rings is 9. The van der Waals surface area contributed by atoms with Crippen LogP contribution in [0.25, 0.3) is 49.0 Å². The molecular weight excluding hydrogens is 797 g/mol. The predicted molar refractivity (Wildman–Crippen MR) is 283 cm³/mol. The van der Waals surface area contributed by atoms with Crippen LogP contribution in [0.15, 0.2) is 231 Å². The lowest BCUT2D eigenvalue weighted by atomic mass is 9.82. The predicted octanol–water partition coefficient (Wildman–Crippen LogP) is 16.9. The Bertz CT molecular complexity index is 3430. The van der Waals surface area contributed by atoms with Gasteiger partial charge in [0.2, 0.25) is 0 Å². The Labute approximate surface area is 388 Å². The van der Waals surface area contributed by atoms with Crippen LogP contribution in [0.4, 0.5) is 28.4 Å². The van der Waals surface area contributed by atoms with Gasteiger partial charge in [-0.2, -0.15) is 0 Å². The molecule has 0 saturated carbocycles. The lowest BCUT2D eigenvalue weighted by Gasteiger charge is -2.33. The normalized spacial score (nSPS) is 15.0. The highest BCUT2D eigenvalue weighted by Crippen LogP contribution is 2.51. The average molecular weight is 847 g/mol. The summed E-state index contributed by atoms with van der Waals surface area (Å²) in [5.74, 6) is 3.15. The van der Waals surface area contributed by atoms with Crippen molar-refractivity contribution >= 4 is 66.3 Å². The van der Waals surface area contributed by atoms with E-state index in [2.05, 4.69) is 248 Å². The van der Waals surface area contributed by atoms with Gasteiger partial charge in [0.1, 0.15) is 0 Å². The molecule has 0 saturated heterocycles. The number of hydrogen-bond acceptors (Lipinski definition) is 2. The largest absolute Gasteiger partial charge is 0.336 e. The molecule has 0 radical (unpaired) electrons. The van der Waals surface area contributed by atoms with Crippen molar-refractivity contribution in [3.8, 4) is 23.5 Å². The minimum absolute atomic E-state index is 0.159. The molecule has 1 unspecified atom stereocenters. The Kier molecular flexibility index (Phi) is 10.5. The van der Waals surface area contributed by atoms with E-state index in [0.29, 0.717) is 12.5 Å². The zero-order valence-corrected chi connectivity index (χ0v) is 37.4. The summed E-state index contributed by atoms with van der Waals surface area (Å²) in [6.45, 7) is 5.31. The summed E-state index contributed by atoms with van der Waals surface area (Å²) in [7, 11) is 0. The summed E-state index contributed by atoms with van der Waals surface area (Å²) in [5.41, 5.74) is 14.0. The highest BCUT2D eigenvalue weighted by atomic mass is 15.2. The van der Waals surface area contributed by atoms with Crippen LogP contribution in [-0.4, -0.2) is 6.54 Å². The molecule has 0 amide bonds. The zero-order chi connectivity index (χ0) is 44.6. The second-order valence-electron chi connectivity index (χ2n) is 17.9. The minimum Gasteiger partial charge on any atom is -0.336 e. The monoisotopic (exact) mass is 846 g/mol.